The minimum Gasteiger partial charge on any atom is -0.648 e. The molecular weight excluding hydrogens is 421 g/mol. The van der Waals surface area contributed by atoms with Crippen molar-refractivity contribution in [3.63, 3.8) is 0 Å². The van der Waals surface area contributed by atoms with Crippen LogP contribution in [0.4, 0.5) is 0 Å². The van der Waals surface area contributed by atoms with Gasteiger partial charge in [0.1, 0.15) is 28.5 Å². The minimum atomic E-state index is -2.17. The van der Waals surface area contributed by atoms with Gasteiger partial charge < -0.3 is 10.1 Å². The van der Waals surface area contributed by atoms with Gasteiger partial charge >= 0.3 is 0 Å². The molecule has 3 aromatic carbocycles. The van der Waals surface area contributed by atoms with E-state index in [9.17, 15) is 0 Å². The van der Waals surface area contributed by atoms with Crippen molar-refractivity contribution in [1.82, 2.24) is 0 Å². The van der Waals surface area contributed by atoms with E-state index in [0.717, 1.165) is 11.5 Å². The van der Waals surface area contributed by atoms with Crippen LogP contribution in [0.2, 0.25) is 0 Å². The lowest BCUT2D eigenvalue weighted by atomic mass is 9.88. The third-order valence-electron chi connectivity index (χ3n) is 6.47. The molecule has 5 rings (SSSR count). The van der Waals surface area contributed by atoms with Crippen molar-refractivity contribution in [2.45, 2.75) is 26.8 Å². The molecule has 0 radical (unpaired) electrons. The largest absolute Gasteiger partial charge is 0.648 e. The van der Waals surface area contributed by atoms with Crippen molar-refractivity contribution >= 4 is 23.2 Å². The number of hydrogen-bond donors (Lipinski definition) is 0. The average Bonchev–Trinajstić information content (AvgIpc) is 3.52. The quantitative estimate of drug-likeness (QED) is 0.417. The van der Waals surface area contributed by atoms with E-state index < -0.39 is 7.26 Å². The predicted molar refractivity (Wildman–Crippen MR) is 142 cm³/mol. The predicted octanol–water partition coefficient (Wildman–Crippen LogP) is 6.46. The molecule has 0 aromatic heterocycles. The fourth-order valence-electron chi connectivity index (χ4n) is 4.67. The Morgan fingerprint density at radius 2 is 1.24 bits per heavy atom. The molecule has 0 bridgehead atoms. The van der Waals surface area contributed by atoms with E-state index in [-0.39, 0.29) is 11.5 Å². The third kappa shape index (κ3) is 3.83. The molecule has 1 saturated heterocycles. The molecule has 0 amide bonds. The Kier molecular flexibility index (Phi) is 5.72. The summed E-state index contributed by atoms with van der Waals surface area (Å²) in [5.74, 6) is 0.780. The van der Waals surface area contributed by atoms with Gasteiger partial charge in [0.25, 0.3) is 0 Å². The summed E-state index contributed by atoms with van der Waals surface area (Å²) in [6, 6.07) is 33.0. The molecule has 2 nitrogen and oxygen atoms in total. The zero-order valence-corrected chi connectivity index (χ0v) is 20.4. The van der Waals surface area contributed by atoms with Gasteiger partial charge in [-0.1, -0.05) is 87.5 Å². The van der Waals surface area contributed by atoms with Crippen LogP contribution in [0.1, 0.15) is 20.8 Å². The fraction of sp³-hybridized carbons (Fsp3) is 0.200. The summed E-state index contributed by atoms with van der Waals surface area (Å²) < 4.78 is 6.25. The Morgan fingerprint density at radius 3 is 1.67 bits per heavy atom. The lowest BCUT2D eigenvalue weighted by Gasteiger charge is -2.35. The second-order valence-corrected chi connectivity index (χ2v) is 13.0. The summed E-state index contributed by atoms with van der Waals surface area (Å²) in [4.78, 5) is 0. The van der Waals surface area contributed by atoms with Crippen LogP contribution < -0.4 is 15.9 Å². The summed E-state index contributed by atoms with van der Waals surface area (Å²) in [6.07, 6.45) is 6.62. The van der Waals surface area contributed by atoms with E-state index >= 15 is 0 Å². The first kappa shape index (κ1) is 21.7. The molecule has 0 N–H and O–H groups in total. The van der Waals surface area contributed by atoms with Crippen LogP contribution in [0.25, 0.3) is 5.32 Å². The van der Waals surface area contributed by atoms with Gasteiger partial charge in [0, 0.05) is 11.5 Å². The van der Waals surface area contributed by atoms with Crippen molar-refractivity contribution in [2.75, 3.05) is 6.61 Å². The van der Waals surface area contributed by atoms with Gasteiger partial charge in [-0.15, -0.1) is 0 Å². The van der Waals surface area contributed by atoms with Crippen LogP contribution in [0.5, 0.6) is 0 Å². The van der Waals surface area contributed by atoms with Crippen molar-refractivity contribution in [3.8, 4) is 0 Å². The van der Waals surface area contributed by atoms with Crippen LogP contribution in [0, 0.1) is 5.41 Å². The molecule has 1 aliphatic heterocycles. The maximum absolute atomic E-state index is 6.25. The molecular formula is C30H30NOP. The third-order valence-corrected chi connectivity index (χ3v) is 10.8. The number of allylic oxidation sites excluding steroid dienone is 5. The molecule has 3 aromatic rings. The van der Waals surface area contributed by atoms with E-state index in [0.29, 0.717) is 6.61 Å². The summed E-state index contributed by atoms with van der Waals surface area (Å²) >= 11 is 0. The molecule has 0 unspecified atom stereocenters. The average molecular weight is 452 g/mol. The van der Waals surface area contributed by atoms with E-state index in [2.05, 4.69) is 130 Å². The number of rotatable bonds is 4. The van der Waals surface area contributed by atoms with Gasteiger partial charge in [-0.05, 0) is 54.0 Å². The normalized spacial score (nSPS) is 20.3. The number of benzene rings is 3. The van der Waals surface area contributed by atoms with Gasteiger partial charge in [-0.3, -0.25) is 0 Å². The highest BCUT2D eigenvalue weighted by Gasteiger charge is 2.51. The van der Waals surface area contributed by atoms with Crippen molar-refractivity contribution in [1.29, 1.82) is 0 Å². The minimum absolute atomic E-state index is 0.0685. The highest BCUT2D eigenvalue weighted by atomic mass is 31.2. The lowest BCUT2D eigenvalue weighted by Crippen LogP contribution is -2.32. The molecule has 1 fully saturated rings. The van der Waals surface area contributed by atoms with Gasteiger partial charge in [0.2, 0.25) is 0 Å². The smallest absolute Gasteiger partial charge is 0.145 e. The highest BCUT2D eigenvalue weighted by Crippen LogP contribution is 2.66. The Bertz CT molecular complexity index is 1110. The Hall–Kier alpha value is -3.09. The van der Waals surface area contributed by atoms with Gasteiger partial charge in [0.05, 0.1) is 6.61 Å². The van der Waals surface area contributed by atoms with Crippen LogP contribution >= 0.6 is 7.26 Å². The van der Waals surface area contributed by atoms with Gasteiger partial charge in [0.15, 0.2) is 0 Å². The second-order valence-electron chi connectivity index (χ2n) is 9.63. The van der Waals surface area contributed by atoms with E-state index in [4.69, 9.17) is 10.1 Å². The summed E-state index contributed by atoms with van der Waals surface area (Å²) in [6.45, 7) is 7.33. The molecule has 33 heavy (non-hydrogen) atoms. The maximum atomic E-state index is 6.25. The number of ether oxygens (including phenoxy) is 1. The van der Waals surface area contributed by atoms with Gasteiger partial charge in [-0.2, -0.15) is 0 Å². The Labute approximate surface area is 198 Å². The molecule has 1 heterocycles. The molecule has 2 aliphatic rings. The maximum Gasteiger partial charge on any atom is 0.145 e. The first-order valence-electron chi connectivity index (χ1n) is 11.5. The fourth-order valence-corrected chi connectivity index (χ4v) is 9.10. The lowest BCUT2D eigenvalue weighted by molar-refractivity contribution is 0.216. The zero-order chi connectivity index (χ0) is 22.9. The Balaban J connectivity index is 1.76. The Morgan fingerprint density at radius 1 is 0.758 bits per heavy atom. The van der Waals surface area contributed by atoms with Crippen molar-refractivity contribution in [2.24, 2.45) is 5.41 Å². The summed E-state index contributed by atoms with van der Waals surface area (Å²) in [5.41, 5.74) is 1.19. The SMILES string of the molecule is CC(C)(C)[C@H]1CO/C(=C2\C=CC=C2[P+](c2ccccc2)(c2ccccc2)c2ccccc2)[N-]1. The van der Waals surface area contributed by atoms with Crippen molar-refractivity contribution < 1.29 is 4.74 Å². The first-order valence-corrected chi connectivity index (χ1v) is 13.3. The highest BCUT2D eigenvalue weighted by molar-refractivity contribution is 7.99. The molecule has 166 valence electrons. The summed E-state index contributed by atoms with van der Waals surface area (Å²) in [7, 11) is -2.17. The van der Waals surface area contributed by atoms with Crippen molar-refractivity contribution in [3.05, 3.63) is 131 Å². The van der Waals surface area contributed by atoms with Crippen LogP contribution in [-0.2, 0) is 4.74 Å². The standard InChI is InChI=1S/C30H30NOP/c1-30(2,3)28-22-32-29(31-28)26-20-13-21-27(26)33(23-14-7-4-8-15-23,24-16-9-5-10-17-24)25-18-11-6-12-19-25/h4-21,28H,22H2,1-3H3/b29-26+/t28-/m1/s1. The van der Waals surface area contributed by atoms with Crippen LogP contribution in [0.3, 0.4) is 0 Å². The van der Waals surface area contributed by atoms with Crippen LogP contribution in [0.15, 0.2) is 126 Å². The summed E-state index contributed by atoms with van der Waals surface area (Å²) in [5, 5.41) is 10.4. The van der Waals surface area contributed by atoms with Crippen LogP contribution in [-0.4, -0.2) is 12.6 Å². The van der Waals surface area contributed by atoms with E-state index in [1.54, 1.807) is 0 Å². The van der Waals surface area contributed by atoms with Gasteiger partial charge in [-0.25, -0.2) is 0 Å². The molecule has 1 atom stereocenters. The first-order chi connectivity index (χ1) is 16.0. The van der Waals surface area contributed by atoms with E-state index in [1.807, 2.05) is 0 Å². The monoisotopic (exact) mass is 451 g/mol. The number of hydrogen-bond acceptors (Lipinski definition) is 1. The van der Waals surface area contributed by atoms with E-state index in [1.165, 1.54) is 21.2 Å². The molecule has 0 saturated carbocycles. The topological polar surface area (TPSA) is 23.3 Å². The zero-order valence-electron chi connectivity index (χ0n) is 19.5. The molecule has 1 aliphatic carbocycles. The number of nitrogens with zero attached hydrogens (tertiary/aromatic N) is 1. The second kappa shape index (κ2) is 8.69. The molecule has 0 spiro atoms. The molecule has 3 heteroatoms.